The second kappa shape index (κ2) is 6.15. The summed E-state index contributed by atoms with van der Waals surface area (Å²) in [7, 11) is 0. The summed E-state index contributed by atoms with van der Waals surface area (Å²) in [6, 6.07) is 7.43. The molecule has 108 valence electrons. The van der Waals surface area contributed by atoms with Crippen LogP contribution in [0.15, 0.2) is 18.2 Å². The van der Waals surface area contributed by atoms with E-state index in [4.69, 9.17) is 0 Å². The third-order valence-electron chi connectivity index (χ3n) is 5.28. The maximum absolute atomic E-state index is 2.48. The molecule has 6 radical (unpaired) electrons. The Bertz CT molecular complexity index is 385. The molecule has 0 nitrogen and oxygen atoms in total. The molecule has 0 spiro atoms. The van der Waals surface area contributed by atoms with Crippen molar-refractivity contribution in [3.63, 3.8) is 0 Å². The minimum Gasteiger partial charge on any atom is -0.0546 e. The molecule has 0 saturated heterocycles. The van der Waals surface area contributed by atoms with E-state index in [-0.39, 0.29) is 0 Å². The minimum atomic E-state index is 1.20. The predicted molar refractivity (Wildman–Crippen MR) is 87.9 cm³/mol. The maximum atomic E-state index is 2.48. The van der Waals surface area contributed by atoms with Crippen molar-refractivity contribution in [2.75, 3.05) is 0 Å². The minimum absolute atomic E-state index is 1.20. The van der Waals surface area contributed by atoms with Crippen molar-refractivity contribution >= 4 is 0 Å². The van der Waals surface area contributed by atoms with Crippen LogP contribution in [0.4, 0.5) is 0 Å². The monoisotopic (exact) mass is 276 g/mol. The van der Waals surface area contributed by atoms with Gasteiger partial charge in [0.25, 0.3) is 0 Å². The molecule has 4 rings (SSSR count). The van der Waals surface area contributed by atoms with E-state index in [0.717, 1.165) is 0 Å². The largest absolute Gasteiger partial charge is 0.0546 e. The fourth-order valence-electron chi connectivity index (χ4n) is 3.99. The van der Waals surface area contributed by atoms with Gasteiger partial charge in [-0.15, -0.1) is 0 Å². The highest BCUT2D eigenvalue weighted by atomic mass is 14.3. The lowest BCUT2D eigenvalue weighted by Gasteiger charge is -2.19. The Balaban J connectivity index is 1.67. The van der Waals surface area contributed by atoms with Crippen molar-refractivity contribution in [3.05, 3.63) is 71.9 Å². The van der Waals surface area contributed by atoms with E-state index in [0.29, 0.717) is 0 Å². The Labute approximate surface area is 130 Å². The van der Waals surface area contributed by atoms with Gasteiger partial charge in [0.15, 0.2) is 0 Å². The third-order valence-corrected chi connectivity index (χ3v) is 5.28. The topological polar surface area (TPSA) is 0 Å². The van der Waals surface area contributed by atoms with E-state index in [1.165, 1.54) is 74.5 Å². The van der Waals surface area contributed by atoms with Crippen molar-refractivity contribution in [3.8, 4) is 0 Å². The first-order chi connectivity index (χ1) is 10.4. The van der Waals surface area contributed by atoms with Crippen molar-refractivity contribution in [2.24, 2.45) is 0 Å². The fraction of sp³-hybridized carbons (Fsp3) is 0.429. The average molecular weight is 276 g/mol. The molecule has 0 aliphatic heterocycles. The third kappa shape index (κ3) is 2.91. The van der Waals surface area contributed by atoms with Crippen LogP contribution in [0.1, 0.15) is 74.5 Å². The van der Waals surface area contributed by atoms with E-state index in [1.807, 2.05) is 0 Å². The Morgan fingerprint density at radius 2 is 0.810 bits per heavy atom. The van der Waals surface area contributed by atoms with Gasteiger partial charge >= 0.3 is 0 Å². The van der Waals surface area contributed by atoms with Gasteiger partial charge in [-0.25, -0.2) is 0 Å². The predicted octanol–water partition coefficient (Wildman–Crippen LogP) is 5.62. The molecule has 3 saturated carbocycles. The Morgan fingerprint density at radius 1 is 0.476 bits per heavy atom. The highest BCUT2D eigenvalue weighted by Crippen LogP contribution is 2.41. The summed E-state index contributed by atoms with van der Waals surface area (Å²) in [5, 5.41) is 0. The molecule has 1 aromatic carbocycles. The van der Waals surface area contributed by atoms with Crippen LogP contribution in [0.3, 0.4) is 0 Å². The second-order valence-electron chi connectivity index (χ2n) is 6.70. The second-order valence-corrected chi connectivity index (χ2v) is 6.70. The standard InChI is InChI=1S/C21H24/c1-2-8-16(7-1)19-13-20(17-9-3-4-10-17)15-21(14-19)18-11-5-6-12-18/h1,3,5,13-15H,2,4,6-12H2. The van der Waals surface area contributed by atoms with Gasteiger partial charge in [-0.1, -0.05) is 18.2 Å². The Hall–Kier alpha value is -0.780. The molecule has 0 unspecified atom stereocenters. The smallest absolute Gasteiger partial charge is 0.00529 e. The summed E-state index contributed by atoms with van der Waals surface area (Å²) in [4.78, 5) is 0. The average Bonchev–Trinajstić information content (AvgIpc) is 3.29. The molecular weight excluding hydrogens is 252 g/mol. The quantitative estimate of drug-likeness (QED) is 0.672. The summed E-state index contributed by atoms with van der Waals surface area (Å²) >= 11 is 0. The van der Waals surface area contributed by atoms with Crippen LogP contribution in [-0.2, 0) is 0 Å². The molecule has 0 atom stereocenters. The molecule has 0 heterocycles. The molecule has 3 aliphatic carbocycles. The van der Waals surface area contributed by atoms with Crippen LogP contribution < -0.4 is 0 Å². The first kappa shape index (κ1) is 13.9. The van der Waals surface area contributed by atoms with Crippen molar-refractivity contribution < 1.29 is 0 Å². The zero-order valence-electron chi connectivity index (χ0n) is 12.8. The van der Waals surface area contributed by atoms with Crippen molar-refractivity contribution in [1.29, 1.82) is 0 Å². The zero-order valence-corrected chi connectivity index (χ0v) is 12.8. The lowest BCUT2D eigenvalue weighted by Crippen LogP contribution is -2.04. The first-order valence-corrected chi connectivity index (χ1v) is 8.55. The molecule has 3 fully saturated rings. The van der Waals surface area contributed by atoms with Crippen LogP contribution in [0.25, 0.3) is 0 Å². The number of hydrogen-bond donors (Lipinski definition) is 0. The van der Waals surface area contributed by atoms with E-state index >= 15 is 0 Å². The highest BCUT2D eigenvalue weighted by Gasteiger charge is 2.25. The molecule has 21 heavy (non-hydrogen) atoms. The molecular formula is C21H24. The Kier molecular flexibility index (Phi) is 4.05. The Morgan fingerprint density at radius 3 is 1.05 bits per heavy atom. The molecule has 0 amide bonds. The SMILES string of the molecule is [CH]1CC[C](c2cc([C]3C[CH]CC3)cc([C]3C[CH]CC3)c2)C1. The van der Waals surface area contributed by atoms with Gasteiger partial charge in [-0.05, 0) is 93.7 Å². The van der Waals surface area contributed by atoms with Gasteiger partial charge in [0, 0.05) is 17.8 Å². The lowest BCUT2D eigenvalue weighted by molar-refractivity contribution is 0.912. The molecule has 0 N–H and O–H groups in total. The normalized spacial score (nSPS) is 25.1. The van der Waals surface area contributed by atoms with E-state index in [2.05, 4.69) is 37.5 Å². The maximum Gasteiger partial charge on any atom is 0.00529 e. The van der Waals surface area contributed by atoms with Gasteiger partial charge in [-0.2, -0.15) is 0 Å². The van der Waals surface area contributed by atoms with E-state index in [9.17, 15) is 0 Å². The highest BCUT2D eigenvalue weighted by molar-refractivity contribution is 5.49. The summed E-state index contributed by atoms with van der Waals surface area (Å²) in [6.07, 6.45) is 18.5. The van der Waals surface area contributed by atoms with Crippen LogP contribution in [0, 0.1) is 37.0 Å². The number of benzene rings is 1. The number of hydrogen-bond acceptors (Lipinski definition) is 0. The molecule has 0 heteroatoms. The molecule has 3 aliphatic rings. The van der Waals surface area contributed by atoms with Crippen LogP contribution in [-0.4, -0.2) is 0 Å². The van der Waals surface area contributed by atoms with Crippen LogP contribution in [0.2, 0.25) is 0 Å². The molecule has 0 aromatic heterocycles. The van der Waals surface area contributed by atoms with Crippen LogP contribution in [0.5, 0.6) is 0 Å². The summed E-state index contributed by atoms with van der Waals surface area (Å²) < 4.78 is 0. The number of rotatable bonds is 3. The van der Waals surface area contributed by atoms with Gasteiger partial charge < -0.3 is 0 Å². The lowest BCUT2D eigenvalue weighted by atomic mass is 9.85. The van der Waals surface area contributed by atoms with Gasteiger partial charge in [-0.3, -0.25) is 0 Å². The van der Waals surface area contributed by atoms with Crippen molar-refractivity contribution in [1.82, 2.24) is 0 Å². The van der Waals surface area contributed by atoms with Gasteiger partial charge in [0.2, 0.25) is 0 Å². The summed E-state index contributed by atoms with van der Waals surface area (Å²) in [5.41, 5.74) is 4.57. The van der Waals surface area contributed by atoms with E-state index < -0.39 is 0 Å². The molecule has 0 bridgehead atoms. The first-order valence-electron chi connectivity index (χ1n) is 8.55. The van der Waals surface area contributed by atoms with Crippen molar-refractivity contribution in [2.45, 2.75) is 57.8 Å². The van der Waals surface area contributed by atoms with Gasteiger partial charge in [0.05, 0.1) is 0 Å². The van der Waals surface area contributed by atoms with Crippen LogP contribution >= 0.6 is 0 Å². The zero-order chi connectivity index (χ0) is 14.1. The summed E-state index contributed by atoms with van der Waals surface area (Å²) in [6.45, 7) is 0. The van der Waals surface area contributed by atoms with E-state index in [1.54, 1.807) is 17.8 Å². The molecule has 1 aromatic rings. The van der Waals surface area contributed by atoms with Gasteiger partial charge in [0.1, 0.15) is 0 Å². The fourth-order valence-corrected chi connectivity index (χ4v) is 3.99. The summed E-state index contributed by atoms with van der Waals surface area (Å²) in [5.74, 6) is 4.97.